The predicted octanol–water partition coefficient (Wildman–Crippen LogP) is 3.68. The molecule has 0 amide bonds. The van der Waals surface area contributed by atoms with Gasteiger partial charge in [-0.2, -0.15) is 0 Å². The van der Waals surface area contributed by atoms with Crippen molar-refractivity contribution in [3.05, 3.63) is 59.4 Å². The first kappa shape index (κ1) is 13.0. The molecule has 2 nitrogen and oxygen atoms in total. The lowest BCUT2D eigenvalue weighted by Gasteiger charge is -2.23. The van der Waals surface area contributed by atoms with Crippen LogP contribution in [0.2, 0.25) is 0 Å². The predicted molar refractivity (Wildman–Crippen MR) is 70.1 cm³/mol. The third kappa shape index (κ3) is 2.51. The van der Waals surface area contributed by atoms with E-state index >= 15 is 0 Å². The summed E-state index contributed by atoms with van der Waals surface area (Å²) in [6.45, 7) is 4.02. The van der Waals surface area contributed by atoms with E-state index in [9.17, 15) is 4.39 Å². The van der Waals surface area contributed by atoms with Crippen LogP contribution in [-0.2, 0) is 11.3 Å². The SMILES string of the molecule is CC(C)(c1ccc(F)cc1)c1ncc(CCl)cn1. The van der Waals surface area contributed by atoms with Gasteiger partial charge in [0.25, 0.3) is 0 Å². The monoisotopic (exact) mass is 264 g/mol. The molecule has 0 atom stereocenters. The molecule has 1 aromatic heterocycles. The van der Waals surface area contributed by atoms with E-state index in [1.54, 1.807) is 24.5 Å². The molecule has 94 valence electrons. The Morgan fingerprint density at radius 3 is 2.17 bits per heavy atom. The maximum absolute atomic E-state index is 12.9. The highest BCUT2D eigenvalue weighted by Crippen LogP contribution is 2.28. The van der Waals surface area contributed by atoms with Crippen molar-refractivity contribution in [2.24, 2.45) is 0 Å². The van der Waals surface area contributed by atoms with Crippen LogP contribution in [-0.4, -0.2) is 9.97 Å². The molecule has 18 heavy (non-hydrogen) atoms. The molecule has 0 saturated heterocycles. The normalized spacial score (nSPS) is 11.6. The van der Waals surface area contributed by atoms with Gasteiger partial charge in [-0.05, 0) is 31.5 Å². The zero-order valence-corrected chi connectivity index (χ0v) is 11.1. The lowest BCUT2D eigenvalue weighted by Crippen LogP contribution is -2.22. The average Bonchev–Trinajstić information content (AvgIpc) is 2.39. The summed E-state index contributed by atoms with van der Waals surface area (Å²) in [6.07, 6.45) is 3.45. The summed E-state index contributed by atoms with van der Waals surface area (Å²) in [5.41, 5.74) is 1.50. The second-order valence-electron chi connectivity index (χ2n) is 4.68. The van der Waals surface area contributed by atoms with E-state index < -0.39 is 0 Å². The molecule has 2 rings (SSSR count). The van der Waals surface area contributed by atoms with Crippen LogP contribution < -0.4 is 0 Å². The largest absolute Gasteiger partial charge is 0.240 e. The van der Waals surface area contributed by atoms with Gasteiger partial charge >= 0.3 is 0 Å². The lowest BCUT2D eigenvalue weighted by atomic mass is 9.84. The Balaban J connectivity index is 2.37. The fraction of sp³-hybridized carbons (Fsp3) is 0.286. The van der Waals surface area contributed by atoms with Gasteiger partial charge in [-0.3, -0.25) is 0 Å². The molecule has 0 aliphatic carbocycles. The number of hydrogen-bond acceptors (Lipinski definition) is 2. The summed E-state index contributed by atoms with van der Waals surface area (Å²) in [7, 11) is 0. The van der Waals surface area contributed by atoms with E-state index in [1.807, 2.05) is 13.8 Å². The molecular weight excluding hydrogens is 251 g/mol. The summed E-state index contributed by atoms with van der Waals surface area (Å²) in [6, 6.07) is 6.41. The van der Waals surface area contributed by atoms with Crippen LogP contribution in [0.4, 0.5) is 4.39 Å². The van der Waals surface area contributed by atoms with Gasteiger partial charge in [0, 0.05) is 23.4 Å². The molecule has 1 aromatic carbocycles. The first-order chi connectivity index (χ1) is 8.54. The second-order valence-corrected chi connectivity index (χ2v) is 4.95. The Hall–Kier alpha value is -1.48. The number of hydrogen-bond donors (Lipinski definition) is 0. The maximum atomic E-state index is 12.9. The molecule has 0 saturated carbocycles. The summed E-state index contributed by atoms with van der Waals surface area (Å²) in [5.74, 6) is 0.855. The number of alkyl halides is 1. The fourth-order valence-electron chi connectivity index (χ4n) is 1.74. The third-order valence-electron chi connectivity index (χ3n) is 2.98. The highest BCUT2D eigenvalue weighted by atomic mass is 35.5. The van der Waals surface area contributed by atoms with Crippen molar-refractivity contribution >= 4 is 11.6 Å². The summed E-state index contributed by atoms with van der Waals surface area (Å²) in [5, 5.41) is 0. The minimum Gasteiger partial charge on any atom is -0.240 e. The van der Waals surface area contributed by atoms with E-state index in [-0.39, 0.29) is 11.2 Å². The molecule has 1 heterocycles. The van der Waals surface area contributed by atoms with Gasteiger partial charge in [0.15, 0.2) is 0 Å². The average molecular weight is 265 g/mol. The Bertz CT molecular complexity index is 520. The van der Waals surface area contributed by atoms with Crippen molar-refractivity contribution in [3.63, 3.8) is 0 Å². The van der Waals surface area contributed by atoms with Crippen molar-refractivity contribution < 1.29 is 4.39 Å². The van der Waals surface area contributed by atoms with Crippen molar-refractivity contribution in [1.82, 2.24) is 9.97 Å². The first-order valence-corrected chi connectivity index (χ1v) is 6.21. The van der Waals surface area contributed by atoms with Crippen LogP contribution >= 0.6 is 11.6 Å². The van der Waals surface area contributed by atoms with Gasteiger partial charge in [0.05, 0.1) is 5.88 Å². The van der Waals surface area contributed by atoms with Crippen molar-refractivity contribution in [1.29, 1.82) is 0 Å². The van der Waals surface area contributed by atoms with Gasteiger partial charge in [-0.15, -0.1) is 11.6 Å². The van der Waals surface area contributed by atoms with Crippen LogP contribution in [0, 0.1) is 5.82 Å². The molecule has 0 fully saturated rings. The lowest BCUT2D eigenvalue weighted by molar-refractivity contribution is 0.582. The molecule has 0 unspecified atom stereocenters. The Morgan fingerprint density at radius 1 is 1.11 bits per heavy atom. The van der Waals surface area contributed by atoms with Crippen molar-refractivity contribution in [3.8, 4) is 0 Å². The number of rotatable bonds is 3. The smallest absolute Gasteiger partial charge is 0.138 e. The zero-order chi connectivity index (χ0) is 13.2. The number of nitrogens with zero attached hydrogens (tertiary/aromatic N) is 2. The van der Waals surface area contributed by atoms with Gasteiger partial charge in [0.1, 0.15) is 11.6 Å². The first-order valence-electron chi connectivity index (χ1n) is 5.67. The number of aromatic nitrogens is 2. The fourth-order valence-corrected chi connectivity index (χ4v) is 1.88. The van der Waals surface area contributed by atoms with E-state index in [0.717, 1.165) is 11.1 Å². The molecule has 0 aliphatic heterocycles. The van der Waals surface area contributed by atoms with Crippen LogP contribution in [0.15, 0.2) is 36.7 Å². The third-order valence-corrected chi connectivity index (χ3v) is 3.29. The highest BCUT2D eigenvalue weighted by molar-refractivity contribution is 6.17. The van der Waals surface area contributed by atoms with Gasteiger partial charge < -0.3 is 0 Å². The zero-order valence-electron chi connectivity index (χ0n) is 10.3. The highest BCUT2D eigenvalue weighted by Gasteiger charge is 2.26. The van der Waals surface area contributed by atoms with Crippen LogP contribution in [0.3, 0.4) is 0 Å². The van der Waals surface area contributed by atoms with Crippen LogP contribution in [0.25, 0.3) is 0 Å². The van der Waals surface area contributed by atoms with Crippen LogP contribution in [0.1, 0.15) is 30.8 Å². The molecule has 4 heteroatoms. The van der Waals surface area contributed by atoms with Gasteiger partial charge in [0.2, 0.25) is 0 Å². The number of halogens is 2. The number of benzene rings is 1. The molecule has 0 radical (unpaired) electrons. The molecule has 2 aromatic rings. The summed E-state index contributed by atoms with van der Waals surface area (Å²) in [4.78, 5) is 8.66. The van der Waals surface area contributed by atoms with E-state index in [0.29, 0.717) is 11.7 Å². The Morgan fingerprint density at radius 2 is 1.67 bits per heavy atom. The minimum atomic E-state index is -0.363. The van der Waals surface area contributed by atoms with E-state index in [2.05, 4.69) is 9.97 Å². The Labute approximate surface area is 111 Å². The quantitative estimate of drug-likeness (QED) is 0.791. The maximum Gasteiger partial charge on any atom is 0.138 e. The Kier molecular flexibility index (Phi) is 3.62. The second kappa shape index (κ2) is 5.02. The molecular formula is C14H14ClFN2. The summed E-state index contributed by atoms with van der Waals surface area (Å²) >= 11 is 5.71. The van der Waals surface area contributed by atoms with E-state index in [1.165, 1.54) is 12.1 Å². The minimum absolute atomic E-state index is 0.243. The van der Waals surface area contributed by atoms with E-state index in [4.69, 9.17) is 11.6 Å². The van der Waals surface area contributed by atoms with Gasteiger partial charge in [-0.1, -0.05) is 12.1 Å². The van der Waals surface area contributed by atoms with Gasteiger partial charge in [-0.25, -0.2) is 14.4 Å². The standard InChI is InChI=1S/C14H14ClFN2/c1-14(2,11-3-5-12(16)6-4-11)13-17-8-10(7-15)9-18-13/h3-6,8-9H,7H2,1-2H3. The van der Waals surface area contributed by atoms with Crippen LogP contribution in [0.5, 0.6) is 0 Å². The van der Waals surface area contributed by atoms with Crippen molar-refractivity contribution in [2.75, 3.05) is 0 Å². The van der Waals surface area contributed by atoms with Crippen molar-refractivity contribution in [2.45, 2.75) is 25.1 Å². The topological polar surface area (TPSA) is 25.8 Å². The molecule has 0 spiro atoms. The summed E-state index contributed by atoms with van der Waals surface area (Å²) < 4.78 is 12.9. The molecule has 0 N–H and O–H groups in total. The molecule has 0 bridgehead atoms. The molecule has 0 aliphatic rings.